The number of ether oxygens (including phenoxy) is 1. The molecule has 1 aromatic rings. The molecule has 0 spiro atoms. The van der Waals surface area contributed by atoms with Gasteiger partial charge >= 0.3 is 12.4 Å². The zero-order chi connectivity index (χ0) is 17.5. The van der Waals surface area contributed by atoms with E-state index in [0.29, 0.717) is 0 Å². The van der Waals surface area contributed by atoms with Crippen LogP contribution in [0.15, 0.2) is 24.3 Å². The van der Waals surface area contributed by atoms with Crippen LogP contribution in [0.5, 0.6) is 0 Å². The number of alkyl halides is 6. The topological polar surface area (TPSA) is 38.3 Å². The highest BCUT2D eigenvalue weighted by molar-refractivity contribution is 5.93. The minimum atomic E-state index is -4.58. The maximum Gasteiger partial charge on any atom is 0.417 e. The standard InChI is InChI=1S/C14H13F6NO2/c1-23-12(14(18,19)20)6-8(7-12)11(22)21-10-4-2-9(3-5-10)13(15,16)17/h2-5,8H,6-7H2,1H3,(H,21,22). The van der Waals surface area contributed by atoms with Crippen LogP contribution in [0.3, 0.4) is 0 Å². The van der Waals surface area contributed by atoms with Crippen LogP contribution < -0.4 is 5.32 Å². The highest BCUT2D eigenvalue weighted by atomic mass is 19.4. The predicted octanol–water partition coefficient (Wildman–Crippen LogP) is 4.00. The summed E-state index contributed by atoms with van der Waals surface area (Å²) >= 11 is 0. The molecular weight excluding hydrogens is 328 g/mol. The van der Waals surface area contributed by atoms with E-state index < -0.39 is 48.2 Å². The third kappa shape index (κ3) is 3.44. The average Bonchev–Trinajstić information content (AvgIpc) is 2.35. The Labute approximate surface area is 127 Å². The van der Waals surface area contributed by atoms with Crippen LogP contribution in [0.2, 0.25) is 0 Å². The summed E-state index contributed by atoms with van der Waals surface area (Å²) in [6, 6.07) is 3.66. The molecule has 2 rings (SSSR count). The van der Waals surface area contributed by atoms with Crippen molar-refractivity contribution in [2.75, 3.05) is 12.4 Å². The van der Waals surface area contributed by atoms with Crippen molar-refractivity contribution in [3.05, 3.63) is 29.8 Å². The number of hydrogen-bond acceptors (Lipinski definition) is 2. The van der Waals surface area contributed by atoms with Crippen molar-refractivity contribution in [2.45, 2.75) is 30.8 Å². The van der Waals surface area contributed by atoms with E-state index in [1.165, 1.54) is 0 Å². The van der Waals surface area contributed by atoms with Crippen molar-refractivity contribution in [1.29, 1.82) is 0 Å². The van der Waals surface area contributed by atoms with Gasteiger partial charge in [0.05, 0.1) is 5.56 Å². The molecule has 1 fully saturated rings. The third-order valence-electron chi connectivity index (χ3n) is 3.91. The lowest BCUT2D eigenvalue weighted by Crippen LogP contribution is -2.59. The fourth-order valence-corrected chi connectivity index (χ4v) is 2.42. The number of carbonyl (C=O) groups excluding carboxylic acids is 1. The summed E-state index contributed by atoms with van der Waals surface area (Å²) in [5, 5.41) is 2.31. The van der Waals surface area contributed by atoms with Gasteiger partial charge in [0.15, 0.2) is 5.60 Å². The Hall–Kier alpha value is -1.77. The highest BCUT2D eigenvalue weighted by Gasteiger charge is 2.64. The van der Waals surface area contributed by atoms with Crippen LogP contribution in [0.25, 0.3) is 0 Å². The monoisotopic (exact) mass is 341 g/mol. The molecule has 0 bridgehead atoms. The molecule has 128 valence electrons. The normalized spacial score (nSPS) is 24.9. The van der Waals surface area contributed by atoms with Crippen molar-refractivity contribution in [2.24, 2.45) is 5.92 Å². The van der Waals surface area contributed by atoms with Crippen LogP contribution in [-0.4, -0.2) is 24.8 Å². The number of halogens is 6. The van der Waals surface area contributed by atoms with E-state index >= 15 is 0 Å². The van der Waals surface area contributed by atoms with Gasteiger partial charge in [-0.25, -0.2) is 0 Å². The Balaban J connectivity index is 1.97. The van der Waals surface area contributed by atoms with E-state index in [4.69, 9.17) is 0 Å². The van der Waals surface area contributed by atoms with Gasteiger partial charge in [-0.2, -0.15) is 26.3 Å². The molecule has 0 unspecified atom stereocenters. The van der Waals surface area contributed by atoms with E-state index in [0.717, 1.165) is 31.4 Å². The zero-order valence-corrected chi connectivity index (χ0v) is 11.9. The number of benzene rings is 1. The zero-order valence-electron chi connectivity index (χ0n) is 11.9. The van der Waals surface area contributed by atoms with Gasteiger partial charge in [0.1, 0.15) is 0 Å². The van der Waals surface area contributed by atoms with Crippen molar-refractivity contribution >= 4 is 11.6 Å². The molecular formula is C14H13F6NO2. The summed E-state index contributed by atoms with van der Waals surface area (Å²) in [5.74, 6) is -1.58. The van der Waals surface area contributed by atoms with Gasteiger partial charge in [-0.1, -0.05) is 0 Å². The Morgan fingerprint density at radius 2 is 1.65 bits per heavy atom. The Bertz CT molecular complexity index is 572. The van der Waals surface area contributed by atoms with E-state index in [1.54, 1.807) is 0 Å². The molecule has 1 saturated carbocycles. The van der Waals surface area contributed by atoms with E-state index in [2.05, 4.69) is 10.1 Å². The number of carbonyl (C=O) groups is 1. The van der Waals surface area contributed by atoms with Crippen LogP contribution in [-0.2, 0) is 15.7 Å². The Kier molecular flexibility index (Phi) is 4.36. The van der Waals surface area contributed by atoms with Gasteiger partial charge in [0.2, 0.25) is 5.91 Å². The van der Waals surface area contributed by atoms with Crippen molar-refractivity contribution < 1.29 is 35.9 Å². The summed E-state index contributed by atoms with van der Waals surface area (Å²) in [7, 11) is 0.928. The summed E-state index contributed by atoms with van der Waals surface area (Å²) in [6.45, 7) is 0. The Morgan fingerprint density at radius 3 is 2.04 bits per heavy atom. The lowest BCUT2D eigenvalue weighted by atomic mass is 9.69. The maximum absolute atomic E-state index is 12.8. The molecule has 0 aliphatic heterocycles. The average molecular weight is 341 g/mol. The molecule has 0 saturated heterocycles. The minimum absolute atomic E-state index is 0.0879. The van der Waals surface area contributed by atoms with E-state index in [9.17, 15) is 31.1 Å². The van der Waals surface area contributed by atoms with Crippen LogP contribution in [0.4, 0.5) is 32.0 Å². The van der Waals surface area contributed by atoms with E-state index in [1.807, 2.05) is 0 Å². The number of anilines is 1. The molecule has 0 atom stereocenters. The predicted molar refractivity (Wildman–Crippen MR) is 68.6 cm³/mol. The molecule has 23 heavy (non-hydrogen) atoms. The molecule has 1 N–H and O–H groups in total. The first-order valence-electron chi connectivity index (χ1n) is 6.58. The number of amides is 1. The van der Waals surface area contributed by atoms with Crippen molar-refractivity contribution in [1.82, 2.24) is 0 Å². The molecule has 1 aromatic carbocycles. The fourth-order valence-electron chi connectivity index (χ4n) is 2.42. The third-order valence-corrected chi connectivity index (χ3v) is 3.91. The van der Waals surface area contributed by atoms with Crippen molar-refractivity contribution in [3.8, 4) is 0 Å². The number of methoxy groups -OCH3 is 1. The summed E-state index contributed by atoms with van der Waals surface area (Å²) in [6.07, 6.45) is -10.1. The second-order valence-electron chi connectivity index (χ2n) is 5.37. The van der Waals surface area contributed by atoms with Gasteiger partial charge in [0.25, 0.3) is 0 Å². The van der Waals surface area contributed by atoms with Gasteiger partial charge in [-0.15, -0.1) is 0 Å². The first-order valence-corrected chi connectivity index (χ1v) is 6.58. The lowest BCUT2D eigenvalue weighted by Gasteiger charge is -2.46. The quantitative estimate of drug-likeness (QED) is 0.844. The van der Waals surface area contributed by atoms with Crippen LogP contribution >= 0.6 is 0 Å². The smallest absolute Gasteiger partial charge is 0.369 e. The van der Waals surface area contributed by atoms with Gasteiger partial charge in [-0.05, 0) is 37.1 Å². The SMILES string of the molecule is COC1(C(F)(F)F)CC(C(=O)Nc2ccc(C(F)(F)F)cc2)C1. The van der Waals surface area contributed by atoms with Crippen LogP contribution in [0, 0.1) is 5.92 Å². The largest absolute Gasteiger partial charge is 0.417 e. The van der Waals surface area contributed by atoms with Crippen molar-refractivity contribution in [3.63, 3.8) is 0 Å². The van der Waals surface area contributed by atoms with Gasteiger partial charge in [-0.3, -0.25) is 4.79 Å². The first-order chi connectivity index (χ1) is 10.5. The summed E-state index contributed by atoms with van der Waals surface area (Å²) in [4.78, 5) is 11.9. The maximum atomic E-state index is 12.8. The van der Waals surface area contributed by atoms with Gasteiger partial charge in [0, 0.05) is 18.7 Å². The molecule has 9 heteroatoms. The summed E-state index contributed by atoms with van der Waals surface area (Å²) < 4.78 is 80.1. The van der Waals surface area contributed by atoms with Crippen LogP contribution in [0.1, 0.15) is 18.4 Å². The highest BCUT2D eigenvalue weighted by Crippen LogP contribution is 2.51. The second kappa shape index (κ2) is 5.70. The molecule has 0 aromatic heterocycles. The number of rotatable bonds is 3. The first kappa shape index (κ1) is 17.6. The number of hydrogen-bond donors (Lipinski definition) is 1. The summed E-state index contributed by atoms with van der Waals surface area (Å²) in [5.41, 5.74) is -3.12. The molecule has 0 heterocycles. The Morgan fingerprint density at radius 1 is 1.13 bits per heavy atom. The number of nitrogens with one attached hydrogen (secondary N) is 1. The lowest BCUT2D eigenvalue weighted by molar-refractivity contribution is -0.305. The molecule has 0 radical (unpaired) electrons. The van der Waals surface area contributed by atoms with Gasteiger partial charge < -0.3 is 10.1 Å². The second-order valence-corrected chi connectivity index (χ2v) is 5.37. The molecule has 3 nitrogen and oxygen atoms in total. The fraction of sp³-hybridized carbons (Fsp3) is 0.500. The molecule has 1 aliphatic rings. The van der Waals surface area contributed by atoms with E-state index in [-0.39, 0.29) is 5.69 Å². The molecule has 1 aliphatic carbocycles. The minimum Gasteiger partial charge on any atom is -0.369 e. The molecule has 1 amide bonds.